The zero-order valence-electron chi connectivity index (χ0n) is 8.50. The smallest absolute Gasteiger partial charge is 0.225 e. The maximum absolute atomic E-state index is 11.2. The summed E-state index contributed by atoms with van der Waals surface area (Å²) in [5, 5.41) is -0.194. The van der Waals surface area contributed by atoms with Gasteiger partial charge in [-0.3, -0.25) is 4.79 Å². The lowest BCUT2D eigenvalue weighted by molar-refractivity contribution is -0.127. The molecule has 0 saturated heterocycles. The van der Waals surface area contributed by atoms with Crippen LogP contribution in [0.4, 0.5) is 0 Å². The lowest BCUT2D eigenvalue weighted by atomic mass is 10.3. The summed E-state index contributed by atoms with van der Waals surface area (Å²) in [6.07, 6.45) is 2.03. The number of hydrogen-bond acceptors (Lipinski definition) is 2. The van der Waals surface area contributed by atoms with Gasteiger partial charge in [-0.2, -0.15) is 0 Å². The summed E-state index contributed by atoms with van der Waals surface area (Å²) in [7, 11) is 4.98. The number of ether oxygens (including phenoxy) is 1. The van der Waals surface area contributed by atoms with E-state index in [0.29, 0.717) is 12.2 Å². The summed E-state index contributed by atoms with van der Waals surface area (Å²) in [4.78, 5) is 12.7. The maximum atomic E-state index is 11.2. The molecule has 0 aromatic carbocycles. The minimum atomic E-state index is -0.194. The van der Waals surface area contributed by atoms with Crippen molar-refractivity contribution in [1.82, 2.24) is 4.90 Å². The van der Waals surface area contributed by atoms with Gasteiger partial charge in [0, 0.05) is 20.5 Å². The lowest BCUT2D eigenvalue weighted by Gasteiger charge is -2.10. The SMILES string of the molecule is CO/C(=C\CC(=O)N(C)C)C(C)Cl. The second-order valence-electron chi connectivity index (χ2n) is 2.92. The van der Waals surface area contributed by atoms with Gasteiger partial charge in [0.25, 0.3) is 0 Å². The van der Waals surface area contributed by atoms with Crippen LogP contribution in [-0.2, 0) is 9.53 Å². The fourth-order valence-corrected chi connectivity index (χ4v) is 0.957. The Morgan fingerprint density at radius 2 is 2.15 bits per heavy atom. The molecule has 0 aliphatic carbocycles. The Balaban J connectivity index is 4.15. The minimum Gasteiger partial charge on any atom is -0.500 e. The van der Waals surface area contributed by atoms with Gasteiger partial charge in [-0.25, -0.2) is 0 Å². The number of halogens is 1. The number of methoxy groups -OCH3 is 1. The fourth-order valence-electron chi connectivity index (χ4n) is 0.779. The molecule has 0 saturated carbocycles. The van der Waals surface area contributed by atoms with E-state index in [1.807, 2.05) is 0 Å². The number of carbonyl (C=O) groups is 1. The molecule has 0 bridgehead atoms. The highest BCUT2D eigenvalue weighted by molar-refractivity contribution is 6.21. The van der Waals surface area contributed by atoms with E-state index in [-0.39, 0.29) is 11.3 Å². The highest BCUT2D eigenvalue weighted by atomic mass is 35.5. The van der Waals surface area contributed by atoms with Crippen LogP contribution in [0.2, 0.25) is 0 Å². The maximum Gasteiger partial charge on any atom is 0.225 e. The molecule has 0 rings (SSSR count). The van der Waals surface area contributed by atoms with Crippen LogP contribution in [0.25, 0.3) is 0 Å². The molecule has 0 aliphatic rings. The lowest BCUT2D eigenvalue weighted by Crippen LogP contribution is -2.20. The Morgan fingerprint density at radius 3 is 2.46 bits per heavy atom. The predicted octanol–water partition coefficient (Wildman–Crippen LogP) is 1.62. The summed E-state index contributed by atoms with van der Waals surface area (Å²) in [5.74, 6) is 0.670. The molecule has 0 N–H and O–H groups in total. The molecule has 3 nitrogen and oxygen atoms in total. The third kappa shape index (κ3) is 4.78. The average molecular weight is 206 g/mol. The van der Waals surface area contributed by atoms with Crippen LogP contribution in [0.1, 0.15) is 13.3 Å². The number of hydrogen-bond donors (Lipinski definition) is 0. The van der Waals surface area contributed by atoms with Crippen LogP contribution in [0.3, 0.4) is 0 Å². The molecule has 0 aliphatic heterocycles. The second kappa shape index (κ2) is 5.86. The van der Waals surface area contributed by atoms with Crippen molar-refractivity contribution in [3.05, 3.63) is 11.8 Å². The summed E-state index contributed by atoms with van der Waals surface area (Å²) in [6, 6.07) is 0. The predicted molar refractivity (Wildman–Crippen MR) is 53.7 cm³/mol. The van der Waals surface area contributed by atoms with Gasteiger partial charge < -0.3 is 9.64 Å². The first-order valence-corrected chi connectivity index (χ1v) is 4.51. The zero-order valence-corrected chi connectivity index (χ0v) is 9.26. The Kier molecular flexibility index (Phi) is 5.55. The van der Waals surface area contributed by atoms with Crippen molar-refractivity contribution >= 4 is 17.5 Å². The first-order chi connectivity index (χ1) is 5.99. The highest BCUT2D eigenvalue weighted by Crippen LogP contribution is 2.10. The molecule has 1 unspecified atom stereocenters. The standard InChI is InChI=1S/C9H16ClNO2/c1-7(10)8(13-4)5-6-9(12)11(2)3/h5,7H,6H2,1-4H3/b8-5-. The Bertz CT molecular complexity index is 200. The van der Waals surface area contributed by atoms with Gasteiger partial charge in [-0.15, -0.1) is 11.6 Å². The molecule has 0 radical (unpaired) electrons. The van der Waals surface area contributed by atoms with Crippen LogP contribution in [-0.4, -0.2) is 37.4 Å². The highest BCUT2D eigenvalue weighted by Gasteiger charge is 2.07. The monoisotopic (exact) mass is 205 g/mol. The van der Waals surface area contributed by atoms with E-state index in [1.54, 1.807) is 34.2 Å². The van der Waals surface area contributed by atoms with E-state index >= 15 is 0 Å². The van der Waals surface area contributed by atoms with Crippen LogP contribution in [0.5, 0.6) is 0 Å². The van der Waals surface area contributed by atoms with Crippen molar-refractivity contribution in [2.75, 3.05) is 21.2 Å². The van der Waals surface area contributed by atoms with Crippen molar-refractivity contribution in [2.45, 2.75) is 18.7 Å². The number of alkyl halides is 1. The molecular formula is C9H16ClNO2. The summed E-state index contributed by atoms with van der Waals surface area (Å²) < 4.78 is 5.00. The van der Waals surface area contributed by atoms with Gasteiger partial charge in [0.05, 0.1) is 12.5 Å². The second-order valence-corrected chi connectivity index (χ2v) is 3.57. The quantitative estimate of drug-likeness (QED) is 0.516. The van der Waals surface area contributed by atoms with E-state index < -0.39 is 0 Å². The Morgan fingerprint density at radius 1 is 1.62 bits per heavy atom. The minimum absolute atomic E-state index is 0.0341. The van der Waals surface area contributed by atoms with Crippen molar-refractivity contribution in [3.8, 4) is 0 Å². The molecule has 1 atom stereocenters. The fraction of sp³-hybridized carbons (Fsp3) is 0.667. The molecular weight excluding hydrogens is 190 g/mol. The molecule has 13 heavy (non-hydrogen) atoms. The van der Waals surface area contributed by atoms with Crippen LogP contribution in [0, 0.1) is 0 Å². The van der Waals surface area contributed by atoms with Gasteiger partial charge in [0.1, 0.15) is 5.76 Å². The van der Waals surface area contributed by atoms with Crippen molar-refractivity contribution in [3.63, 3.8) is 0 Å². The van der Waals surface area contributed by atoms with E-state index in [9.17, 15) is 4.79 Å². The zero-order chi connectivity index (χ0) is 10.4. The summed E-state index contributed by atoms with van der Waals surface area (Å²) >= 11 is 5.79. The van der Waals surface area contributed by atoms with E-state index in [4.69, 9.17) is 16.3 Å². The van der Waals surface area contributed by atoms with E-state index in [1.165, 1.54) is 4.90 Å². The van der Waals surface area contributed by atoms with E-state index in [2.05, 4.69) is 0 Å². The van der Waals surface area contributed by atoms with Crippen molar-refractivity contribution in [1.29, 1.82) is 0 Å². The average Bonchev–Trinajstić information content (AvgIpc) is 2.04. The van der Waals surface area contributed by atoms with Gasteiger partial charge >= 0.3 is 0 Å². The van der Waals surface area contributed by atoms with Crippen LogP contribution in [0.15, 0.2) is 11.8 Å². The van der Waals surface area contributed by atoms with Gasteiger partial charge in [-0.05, 0) is 13.0 Å². The number of rotatable bonds is 4. The topological polar surface area (TPSA) is 29.5 Å². The Hall–Kier alpha value is -0.700. The molecule has 0 spiro atoms. The van der Waals surface area contributed by atoms with Gasteiger partial charge in [0.2, 0.25) is 5.91 Å². The first-order valence-electron chi connectivity index (χ1n) is 4.07. The Labute approximate surface area is 84.3 Å². The van der Waals surface area contributed by atoms with Crippen molar-refractivity contribution < 1.29 is 9.53 Å². The number of amides is 1. The molecule has 0 aromatic rings. The van der Waals surface area contributed by atoms with Crippen LogP contribution < -0.4 is 0 Å². The normalized spacial score (nSPS) is 13.8. The van der Waals surface area contributed by atoms with E-state index in [0.717, 1.165) is 0 Å². The molecule has 76 valence electrons. The van der Waals surface area contributed by atoms with Crippen molar-refractivity contribution in [2.24, 2.45) is 0 Å². The number of nitrogens with zero attached hydrogens (tertiary/aromatic N) is 1. The third-order valence-electron chi connectivity index (χ3n) is 1.60. The largest absolute Gasteiger partial charge is 0.500 e. The van der Waals surface area contributed by atoms with Gasteiger partial charge in [-0.1, -0.05) is 0 Å². The number of allylic oxidation sites excluding steroid dienone is 1. The molecule has 0 heterocycles. The third-order valence-corrected chi connectivity index (χ3v) is 1.82. The van der Waals surface area contributed by atoms with Gasteiger partial charge in [0.15, 0.2) is 0 Å². The molecule has 4 heteroatoms. The number of carbonyl (C=O) groups excluding carboxylic acids is 1. The molecule has 0 aromatic heterocycles. The summed E-state index contributed by atoms with van der Waals surface area (Å²) in [6.45, 7) is 1.80. The first kappa shape index (κ1) is 12.3. The summed E-state index contributed by atoms with van der Waals surface area (Å²) in [5.41, 5.74) is 0. The molecule has 1 amide bonds. The van der Waals surface area contributed by atoms with Crippen LogP contribution >= 0.6 is 11.6 Å². The molecule has 0 fully saturated rings.